The van der Waals surface area contributed by atoms with Crippen molar-refractivity contribution in [2.45, 2.75) is 54.0 Å². The second-order valence-corrected chi connectivity index (χ2v) is 5.44. The van der Waals surface area contributed by atoms with E-state index in [9.17, 15) is 0 Å². The molecule has 0 aliphatic rings. The van der Waals surface area contributed by atoms with Crippen LogP contribution in [0.15, 0.2) is 54.3 Å². The van der Waals surface area contributed by atoms with E-state index in [0.717, 1.165) is 6.42 Å². The Hall–Kier alpha value is -1.50. The second kappa shape index (κ2) is 11.3. The summed E-state index contributed by atoms with van der Waals surface area (Å²) in [7, 11) is 0. The zero-order chi connectivity index (χ0) is 15.4. The van der Waals surface area contributed by atoms with Crippen LogP contribution in [0.2, 0.25) is 0 Å². The van der Waals surface area contributed by atoms with E-state index in [1.165, 1.54) is 11.1 Å². The Morgan fingerprint density at radius 3 is 2.05 bits per heavy atom. The Bertz CT molecular complexity index is 385. The van der Waals surface area contributed by atoms with Crippen molar-refractivity contribution < 1.29 is 0 Å². The molecule has 112 valence electrons. The third-order valence-corrected chi connectivity index (χ3v) is 2.96. The van der Waals surface area contributed by atoms with Crippen LogP contribution in [0.1, 0.15) is 47.1 Å². The smallest absolute Gasteiger partial charge is 0.0199 e. The van der Waals surface area contributed by atoms with Gasteiger partial charge in [-0.15, -0.1) is 0 Å². The quantitative estimate of drug-likeness (QED) is 0.713. The molecule has 0 unspecified atom stereocenters. The third-order valence-electron chi connectivity index (χ3n) is 2.96. The molecule has 1 nitrogen and oxygen atoms in total. The van der Waals surface area contributed by atoms with Gasteiger partial charge >= 0.3 is 0 Å². The summed E-state index contributed by atoms with van der Waals surface area (Å²) in [6.45, 7) is 12.9. The fourth-order valence-electron chi connectivity index (χ4n) is 1.67. The minimum absolute atomic E-state index is 0.520. The van der Waals surface area contributed by atoms with Crippen molar-refractivity contribution in [3.8, 4) is 0 Å². The Labute approximate surface area is 125 Å². The van der Waals surface area contributed by atoms with E-state index >= 15 is 0 Å². The number of nitrogens with one attached hydrogen (secondary N) is 1. The molecule has 1 aromatic rings. The van der Waals surface area contributed by atoms with Crippen LogP contribution >= 0.6 is 0 Å². The molecule has 0 heterocycles. The fourth-order valence-corrected chi connectivity index (χ4v) is 1.67. The second-order valence-electron chi connectivity index (χ2n) is 5.44. The largest absolute Gasteiger partial charge is 0.389 e. The first-order valence-corrected chi connectivity index (χ1v) is 7.63. The van der Waals surface area contributed by atoms with Gasteiger partial charge in [-0.2, -0.15) is 0 Å². The SMILES string of the molecule is C/C=C(\C=C/NC(C)C)C(C)C.CCc1ccccc1. The average Bonchev–Trinajstić information content (AvgIpc) is 2.44. The molecule has 0 radical (unpaired) electrons. The van der Waals surface area contributed by atoms with Crippen LogP contribution in [0, 0.1) is 5.92 Å². The number of allylic oxidation sites excluding steroid dienone is 3. The molecular weight excluding hydrogens is 242 g/mol. The molecule has 1 heteroatoms. The lowest BCUT2D eigenvalue weighted by atomic mass is 10.0. The molecule has 0 aliphatic carbocycles. The average molecular weight is 273 g/mol. The van der Waals surface area contributed by atoms with Crippen LogP contribution in [-0.4, -0.2) is 6.04 Å². The highest BCUT2D eigenvalue weighted by Gasteiger charge is 1.95. The van der Waals surface area contributed by atoms with E-state index < -0.39 is 0 Å². The van der Waals surface area contributed by atoms with Crippen molar-refractivity contribution in [3.63, 3.8) is 0 Å². The molecule has 0 atom stereocenters. The lowest BCUT2D eigenvalue weighted by molar-refractivity contribution is 0.699. The van der Waals surface area contributed by atoms with Crippen molar-refractivity contribution in [3.05, 3.63) is 59.8 Å². The van der Waals surface area contributed by atoms with Gasteiger partial charge < -0.3 is 5.32 Å². The highest BCUT2D eigenvalue weighted by Crippen LogP contribution is 2.09. The summed E-state index contributed by atoms with van der Waals surface area (Å²) in [5.74, 6) is 0.611. The van der Waals surface area contributed by atoms with Gasteiger partial charge in [-0.25, -0.2) is 0 Å². The van der Waals surface area contributed by atoms with Crippen LogP contribution in [0.25, 0.3) is 0 Å². The molecule has 1 rings (SSSR count). The maximum Gasteiger partial charge on any atom is 0.0199 e. The molecule has 0 aromatic heterocycles. The van der Waals surface area contributed by atoms with Crippen molar-refractivity contribution in [2.75, 3.05) is 0 Å². The summed E-state index contributed by atoms with van der Waals surface area (Å²) in [5.41, 5.74) is 2.79. The van der Waals surface area contributed by atoms with Gasteiger partial charge in [0.2, 0.25) is 0 Å². The van der Waals surface area contributed by atoms with Crippen molar-refractivity contribution >= 4 is 0 Å². The van der Waals surface area contributed by atoms with E-state index in [1.807, 2.05) is 12.3 Å². The molecule has 0 spiro atoms. The van der Waals surface area contributed by atoms with E-state index in [1.54, 1.807) is 0 Å². The highest BCUT2D eigenvalue weighted by atomic mass is 14.9. The number of rotatable bonds is 5. The summed E-state index contributed by atoms with van der Waals surface area (Å²) in [6.07, 6.45) is 7.47. The number of hydrogen-bond acceptors (Lipinski definition) is 1. The minimum Gasteiger partial charge on any atom is -0.389 e. The van der Waals surface area contributed by atoms with E-state index in [4.69, 9.17) is 0 Å². The van der Waals surface area contributed by atoms with E-state index in [2.05, 4.69) is 83.3 Å². The molecule has 1 aromatic carbocycles. The van der Waals surface area contributed by atoms with Crippen LogP contribution in [0.5, 0.6) is 0 Å². The number of hydrogen-bond donors (Lipinski definition) is 1. The third kappa shape index (κ3) is 9.43. The first-order valence-electron chi connectivity index (χ1n) is 7.63. The molecule has 20 heavy (non-hydrogen) atoms. The minimum atomic E-state index is 0.520. The molecule has 1 N–H and O–H groups in total. The molecule has 0 fully saturated rings. The number of benzene rings is 1. The van der Waals surface area contributed by atoms with E-state index in [0.29, 0.717) is 12.0 Å². The Morgan fingerprint density at radius 2 is 1.70 bits per heavy atom. The fraction of sp³-hybridized carbons (Fsp3) is 0.474. The zero-order valence-electron chi connectivity index (χ0n) is 14.0. The summed E-state index contributed by atoms with van der Waals surface area (Å²) < 4.78 is 0. The molecule has 0 aliphatic heterocycles. The van der Waals surface area contributed by atoms with Gasteiger partial charge in [-0.3, -0.25) is 0 Å². The summed E-state index contributed by atoms with van der Waals surface area (Å²) in [4.78, 5) is 0. The van der Waals surface area contributed by atoms with Crippen molar-refractivity contribution in [1.82, 2.24) is 5.32 Å². The zero-order valence-corrected chi connectivity index (χ0v) is 14.0. The van der Waals surface area contributed by atoms with Gasteiger partial charge in [0.15, 0.2) is 0 Å². The van der Waals surface area contributed by atoms with Gasteiger partial charge in [0.25, 0.3) is 0 Å². The predicted octanol–water partition coefficient (Wildman–Crippen LogP) is 5.35. The summed E-state index contributed by atoms with van der Waals surface area (Å²) in [5, 5.41) is 3.24. The van der Waals surface area contributed by atoms with Gasteiger partial charge in [-0.05, 0) is 56.5 Å². The van der Waals surface area contributed by atoms with Crippen LogP contribution in [0.3, 0.4) is 0 Å². The van der Waals surface area contributed by atoms with Crippen LogP contribution in [-0.2, 0) is 6.42 Å². The molecule has 0 saturated carbocycles. The van der Waals surface area contributed by atoms with Gasteiger partial charge in [0.05, 0.1) is 0 Å². The van der Waals surface area contributed by atoms with E-state index in [-0.39, 0.29) is 0 Å². The summed E-state index contributed by atoms with van der Waals surface area (Å²) in [6, 6.07) is 11.0. The Balaban J connectivity index is 0.000000388. The summed E-state index contributed by atoms with van der Waals surface area (Å²) >= 11 is 0. The normalized spacial score (nSPS) is 11.7. The topological polar surface area (TPSA) is 12.0 Å². The molecular formula is C19H31N. The monoisotopic (exact) mass is 273 g/mol. The van der Waals surface area contributed by atoms with Crippen molar-refractivity contribution in [1.29, 1.82) is 0 Å². The first kappa shape index (κ1) is 18.5. The number of aryl methyl sites for hydroxylation is 1. The van der Waals surface area contributed by atoms with Gasteiger partial charge in [-0.1, -0.05) is 57.2 Å². The van der Waals surface area contributed by atoms with Crippen molar-refractivity contribution in [2.24, 2.45) is 5.92 Å². The predicted molar refractivity (Wildman–Crippen MR) is 91.8 cm³/mol. The van der Waals surface area contributed by atoms with Crippen LogP contribution in [0.4, 0.5) is 0 Å². The highest BCUT2D eigenvalue weighted by molar-refractivity contribution is 5.19. The lowest BCUT2D eigenvalue weighted by Crippen LogP contribution is -2.15. The molecule has 0 saturated heterocycles. The lowest BCUT2D eigenvalue weighted by Gasteiger charge is -2.07. The molecule has 0 bridgehead atoms. The first-order chi connectivity index (χ1) is 9.51. The Kier molecular flexibility index (Phi) is 10.5. The maximum absolute atomic E-state index is 3.24. The maximum atomic E-state index is 3.24. The molecule has 0 amide bonds. The van der Waals surface area contributed by atoms with Gasteiger partial charge in [0, 0.05) is 6.04 Å². The van der Waals surface area contributed by atoms with Crippen LogP contribution < -0.4 is 5.32 Å². The Morgan fingerprint density at radius 1 is 1.10 bits per heavy atom. The standard InChI is InChI=1S/C11H21N.C8H10/c1-6-11(9(2)3)7-8-12-10(4)5;1-2-8-6-4-3-5-7-8/h6-10,12H,1-5H3;3-7H,2H2,1H3/b8-7-,11-6+;. The van der Waals surface area contributed by atoms with Gasteiger partial charge in [0.1, 0.15) is 0 Å².